The van der Waals surface area contributed by atoms with Crippen molar-refractivity contribution in [2.45, 2.75) is 57.9 Å². The van der Waals surface area contributed by atoms with Gasteiger partial charge >= 0.3 is 6.09 Å². The molecule has 1 aliphatic rings. The molecule has 0 atom stereocenters. The van der Waals surface area contributed by atoms with Crippen molar-refractivity contribution in [3.63, 3.8) is 0 Å². The first-order chi connectivity index (χ1) is 13.8. The number of hydrogen-bond acceptors (Lipinski definition) is 4. The SMILES string of the molecule is CC(C)(C)c1ccc(OCCCC(=O)N2CCC(NC(=O)OCCCl)CC2)cc1. The number of benzene rings is 1. The Morgan fingerprint density at radius 3 is 2.38 bits per heavy atom. The van der Waals surface area contributed by atoms with Gasteiger partial charge in [-0.1, -0.05) is 32.9 Å². The fourth-order valence-electron chi connectivity index (χ4n) is 3.24. The van der Waals surface area contributed by atoms with E-state index in [1.165, 1.54) is 5.56 Å². The van der Waals surface area contributed by atoms with Crippen LogP contribution in [0.5, 0.6) is 5.75 Å². The molecule has 2 rings (SSSR count). The molecule has 0 bridgehead atoms. The fourth-order valence-corrected chi connectivity index (χ4v) is 3.31. The fraction of sp³-hybridized carbons (Fsp3) is 0.636. The first kappa shape index (κ1) is 23.3. The third-order valence-electron chi connectivity index (χ3n) is 5.00. The number of hydrogen-bond donors (Lipinski definition) is 1. The molecule has 0 aliphatic carbocycles. The van der Waals surface area contributed by atoms with Crippen LogP contribution in [0.15, 0.2) is 24.3 Å². The first-order valence-electron chi connectivity index (χ1n) is 10.3. The summed E-state index contributed by atoms with van der Waals surface area (Å²) in [6.07, 6.45) is 2.18. The van der Waals surface area contributed by atoms with Gasteiger partial charge in [0.2, 0.25) is 5.91 Å². The Balaban J connectivity index is 1.62. The third-order valence-corrected chi connectivity index (χ3v) is 5.16. The number of nitrogens with one attached hydrogen (secondary N) is 1. The molecule has 1 aromatic rings. The highest BCUT2D eigenvalue weighted by Gasteiger charge is 2.24. The van der Waals surface area contributed by atoms with E-state index in [0.717, 1.165) is 18.6 Å². The lowest BCUT2D eigenvalue weighted by molar-refractivity contribution is -0.132. The Hall–Kier alpha value is -1.95. The zero-order valence-corrected chi connectivity index (χ0v) is 18.5. The maximum atomic E-state index is 12.4. The number of likely N-dealkylation sites (tertiary alicyclic amines) is 1. The standard InChI is InChI=1S/C22H33ClN2O4/c1-22(2,3)17-6-8-19(9-7-17)28-15-4-5-20(26)25-13-10-18(11-14-25)24-21(27)29-16-12-23/h6-9,18H,4-5,10-16H2,1-3H3,(H,24,27). The van der Waals surface area contributed by atoms with Crippen molar-refractivity contribution in [1.29, 1.82) is 0 Å². The van der Waals surface area contributed by atoms with Crippen molar-refractivity contribution in [3.05, 3.63) is 29.8 Å². The van der Waals surface area contributed by atoms with Crippen LogP contribution in [0.2, 0.25) is 0 Å². The summed E-state index contributed by atoms with van der Waals surface area (Å²) in [5.74, 6) is 1.25. The summed E-state index contributed by atoms with van der Waals surface area (Å²) in [6.45, 7) is 8.56. The van der Waals surface area contributed by atoms with Gasteiger partial charge in [-0.05, 0) is 42.4 Å². The van der Waals surface area contributed by atoms with E-state index < -0.39 is 6.09 Å². The smallest absolute Gasteiger partial charge is 0.407 e. The number of alkyl halides is 1. The number of alkyl carbamates (subject to hydrolysis) is 1. The number of amides is 2. The van der Waals surface area contributed by atoms with Gasteiger partial charge in [-0.3, -0.25) is 4.79 Å². The average molecular weight is 425 g/mol. The van der Waals surface area contributed by atoms with Crippen molar-refractivity contribution < 1.29 is 19.1 Å². The van der Waals surface area contributed by atoms with E-state index in [1.807, 2.05) is 17.0 Å². The van der Waals surface area contributed by atoms with Gasteiger partial charge in [-0.15, -0.1) is 11.6 Å². The lowest BCUT2D eigenvalue weighted by Gasteiger charge is -2.32. The monoisotopic (exact) mass is 424 g/mol. The minimum Gasteiger partial charge on any atom is -0.494 e. The maximum Gasteiger partial charge on any atom is 0.407 e. The normalized spacial score (nSPS) is 15.1. The molecule has 1 fully saturated rings. The lowest BCUT2D eigenvalue weighted by Crippen LogP contribution is -2.46. The van der Waals surface area contributed by atoms with Crippen LogP contribution in [0.1, 0.15) is 52.0 Å². The minimum atomic E-state index is -0.442. The average Bonchev–Trinajstić information content (AvgIpc) is 2.69. The number of halogens is 1. The molecule has 162 valence electrons. The number of nitrogens with zero attached hydrogens (tertiary/aromatic N) is 1. The molecule has 29 heavy (non-hydrogen) atoms. The molecule has 1 saturated heterocycles. The third kappa shape index (κ3) is 8.13. The van der Waals surface area contributed by atoms with Crippen molar-refractivity contribution >= 4 is 23.6 Å². The molecule has 0 saturated carbocycles. The largest absolute Gasteiger partial charge is 0.494 e. The second-order valence-corrected chi connectivity index (χ2v) is 8.73. The predicted octanol–water partition coefficient (Wildman–Crippen LogP) is 4.10. The van der Waals surface area contributed by atoms with E-state index in [-0.39, 0.29) is 29.9 Å². The molecule has 0 aromatic heterocycles. The number of carbonyl (C=O) groups excluding carboxylic acids is 2. The molecular formula is C22H33ClN2O4. The van der Waals surface area contributed by atoms with Crippen molar-refractivity contribution in [2.24, 2.45) is 0 Å². The van der Waals surface area contributed by atoms with E-state index in [9.17, 15) is 9.59 Å². The summed E-state index contributed by atoms with van der Waals surface area (Å²) in [4.78, 5) is 25.8. The summed E-state index contributed by atoms with van der Waals surface area (Å²) < 4.78 is 10.7. The number of ether oxygens (including phenoxy) is 2. The number of carbonyl (C=O) groups is 2. The van der Waals surface area contributed by atoms with Gasteiger partial charge in [0, 0.05) is 25.6 Å². The predicted molar refractivity (Wildman–Crippen MR) is 115 cm³/mol. The highest BCUT2D eigenvalue weighted by Crippen LogP contribution is 2.24. The van der Waals surface area contributed by atoms with Gasteiger partial charge < -0.3 is 19.7 Å². The first-order valence-corrected chi connectivity index (χ1v) is 10.8. The van der Waals surface area contributed by atoms with Crippen LogP contribution in [0.3, 0.4) is 0 Å². The summed E-state index contributed by atoms with van der Waals surface area (Å²) in [5, 5.41) is 2.82. The Labute approximate surface area is 178 Å². The van der Waals surface area contributed by atoms with Gasteiger partial charge in [0.15, 0.2) is 0 Å². The molecule has 6 nitrogen and oxygen atoms in total. The van der Waals surface area contributed by atoms with Crippen LogP contribution in [0.25, 0.3) is 0 Å². The molecule has 7 heteroatoms. The molecule has 1 aromatic carbocycles. The van der Waals surface area contributed by atoms with E-state index in [4.69, 9.17) is 21.1 Å². The molecule has 1 aliphatic heterocycles. The van der Waals surface area contributed by atoms with Crippen LogP contribution in [0, 0.1) is 0 Å². The Morgan fingerprint density at radius 1 is 1.14 bits per heavy atom. The highest BCUT2D eigenvalue weighted by molar-refractivity contribution is 6.18. The Morgan fingerprint density at radius 2 is 1.79 bits per heavy atom. The van der Waals surface area contributed by atoms with E-state index >= 15 is 0 Å². The van der Waals surface area contributed by atoms with Gasteiger partial charge in [-0.2, -0.15) is 0 Å². The Bertz CT molecular complexity index is 650. The molecular weight excluding hydrogens is 392 g/mol. The van der Waals surface area contributed by atoms with Crippen LogP contribution < -0.4 is 10.1 Å². The summed E-state index contributed by atoms with van der Waals surface area (Å²) in [5.41, 5.74) is 1.39. The van der Waals surface area contributed by atoms with Crippen LogP contribution >= 0.6 is 11.6 Å². The minimum absolute atomic E-state index is 0.0429. The molecule has 2 amide bonds. The molecule has 1 N–H and O–H groups in total. The highest BCUT2D eigenvalue weighted by atomic mass is 35.5. The van der Waals surface area contributed by atoms with Gasteiger partial charge in [0.05, 0.1) is 12.5 Å². The van der Waals surface area contributed by atoms with Crippen LogP contribution in [-0.4, -0.2) is 55.1 Å². The molecule has 0 radical (unpaired) electrons. The van der Waals surface area contributed by atoms with E-state index in [0.29, 0.717) is 32.5 Å². The van der Waals surface area contributed by atoms with Crippen LogP contribution in [0.4, 0.5) is 4.79 Å². The lowest BCUT2D eigenvalue weighted by atomic mass is 9.87. The van der Waals surface area contributed by atoms with Gasteiger partial charge in [0.25, 0.3) is 0 Å². The van der Waals surface area contributed by atoms with Crippen molar-refractivity contribution in [3.8, 4) is 5.75 Å². The zero-order valence-electron chi connectivity index (χ0n) is 17.7. The molecule has 1 heterocycles. The summed E-state index contributed by atoms with van der Waals surface area (Å²) in [6, 6.07) is 8.19. The van der Waals surface area contributed by atoms with Crippen LogP contribution in [-0.2, 0) is 14.9 Å². The summed E-state index contributed by atoms with van der Waals surface area (Å²) in [7, 11) is 0. The topological polar surface area (TPSA) is 67.9 Å². The zero-order chi connectivity index (χ0) is 21.3. The van der Waals surface area contributed by atoms with Gasteiger partial charge in [-0.25, -0.2) is 4.79 Å². The number of piperidine rings is 1. The molecule has 0 unspecified atom stereocenters. The second-order valence-electron chi connectivity index (χ2n) is 8.35. The number of rotatable bonds is 8. The van der Waals surface area contributed by atoms with Crippen molar-refractivity contribution in [1.82, 2.24) is 10.2 Å². The van der Waals surface area contributed by atoms with Crippen molar-refractivity contribution in [2.75, 3.05) is 32.2 Å². The second kappa shape index (κ2) is 11.3. The van der Waals surface area contributed by atoms with E-state index in [2.05, 4.69) is 38.2 Å². The quantitative estimate of drug-likeness (QED) is 0.504. The van der Waals surface area contributed by atoms with E-state index in [1.54, 1.807) is 0 Å². The summed E-state index contributed by atoms with van der Waals surface area (Å²) >= 11 is 5.49. The Kier molecular flexibility index (Phi) is 9.08. The van der Waals surface area contributed by atoms with Gasteiger partial charge in [0.1, 0.15) is 12.4 Å². The maximum absolute atomic E-state index is 12.4. The molecule has 0 spiro atoms.